The van der Waals surface area contributed by atoms with E-state index in [-0.39, 0.29) is 47.5 Å². The summed E-state index contributed by atoms with van der Waals surface area (Å²) in [6.45, 7) is 4.97. The Morgan fingerprint density at radius 3 is 2.53 bits per heavy atom. The van der Waals surface area contributed by atoms with Gasteiger partial charge in [-0.15, -0.1) is 0 Å². The number of alkyl halides is 3. The van der Waals surface area contributed by atoms with Crippen molar-refractivity contribution in [2.45, 2.75) is 26.9 Å². The molecule has 12 heteroatoms. The average Bonchev–Trinajstić information content (AvgIpc) is 2.64. The molecule has 30 heavy (non-hydrogen) atoms. The topological polar surface area (TPSA) is 106 Å². The van der Waals surface area contributed by atoms with E-state index in [1.54, 1.807) is 20.8 Å². The second kappa shape index (κ2) is 9.70. The van der Waals surface area contributed by atoms with Crippen LogP contribution in [0.1, 0.15) is 35.6 Å². The molecule has 0 saturated carbocycles. The number of carbonyl (C=O) groups is 2. The minimum absolute atomic E-state index is 0.00853. The number of anilines is 1. The van der Waals surface area contributed by atoms with Gasteiger partial charge >= 0.3 is 6.18 Å². The first kappa shape index (κ1) is 23.3. The molecule has 0 aliphatic carbocycles. The summed E-state index contributed by atoms with van der Waals surface area (Å²) in [5.41, 5.74) is -0.480. The van der Waals surface area contributed by atoms with Gasteiger partial charge in [-0.2, -0.15) is 13.2 Å². The Morgan fingerprint density at radius 1 is 1.23 bits per heavy atom. The second-order valence-electron chi connectivity index (χ2n) is 6.48. The highest BCUT2D eigenvalue weighted by Gasteiger charge is 2.31. The number of halogens is 4. The van der Waals surface area contributed by atoms with Gasteiger partial charge in [-0.05, 0) is 19.1 Å². The molecule has 0 saturated heterocycles. The van der Waals surface area contributed by atoms with E-state index < -0.39 is 17.6 Å². The molecule has 0 atom stereocenters. The molecule has 2 N–H and O–H groups in total. The maximum absolute atomic E-state index is 12.6. The van der Waals surface area contributed by atoms with Crippen LogP contribution in [0.3, 0.4) is 0 Å². The van der Waals surface area contributed by atoms with Crippen molar-refractivity contribution in [1.82, 2.24) is 20.3 Å². The predicted molar refractivity (Wildman–Crippen MR) is 102 cm³/mol. The summed E-state index contributed by atoms with van der Waals surface area (Å²) in [5.74, 6) is -1.29. The molecule has 0 aliphatic rings. The molecule has 0 bridgehead atoms. The van der Waals surface area contributed by atoms with Crippen molar-refractivity contribution < 1.29 is 27.5 Å². The molecule has 0 aliphatic heterocycles. The van der Waals surface area contributed by atoms with Crippen LogP contribution < -0.4 is 15.4 Å². The SMILES string of the molecule is Cc1cc(C(=O)NCCOc2ncc(C(F)(F)F)cc2Cl)nc(NC(=O)C(C)C)n1. The van der Waals surface area contributed by atoms with Crippen LogP contribution in [0.5, 0.6) is 5.88 Å². The molecule has 8 nitrogen and oxygen atoms in total. The van der Waals surface area contributed by atoms with Gasteiger partial charge in [0, 0.05) is 17.8 Å². The van der Waals surface area contributed by atoms with Crippen LogP contribution in [0.2, 0.25) is 5.02 Å². The summed E-state index contributed by atoms with van der Waals surface area (Å²) in [4.78, 5) is 35.6. The zero-order chi connectivity index (χ0) is 22.5. The van der Waals surface area contributed by atoms with E-state index in [9.17, 15) is 22.8 Å². The highest BCUT2D eigenvalue weighted by atomic mass is 35.5. The highest BCUT2D eigenvalue weighted by molar-refractivity contribution is 6.31. The fourth-order valence-electron chi connectivity index (χ4n) is 2.08. The number of pyridine rings is 1. The predicted octanol–water partition coefficient (Wildman–Crippen LogP) is 3.26. The number of carbonyl (C=O) groups excluding carboxylic acids is 2. The third kappa shape index (κ3) is 6.55. The van der Waals surface area contributed by atoms with Gasteiger partial charge in [-0.3, -0.25) is 14.9 Å². The minimum Gasteiger partial charge on any atom is -0.475 e. The summed E-state index contributed by atoms with van der Waals surface area (Å²) < 4.78 is 43.0. The Morgan fingerprint density at radius 2 is 1.93 bits per heavy atom. The molecule has 2 amide bonds. The van der Waals surface area contributed by atoms with Gasteiger partial charge in [0.1, 0.15) is 17.3 Å². The third-order valence-corrected chi connectivity index (χ3v) is 3.88. The second-order valence-corrected chi connectivity index (χ2v) is 6.88. The fraction of sp³-hybridized carbons (Fsp3) is 0.389. The summed E-state index contributed by atoms with van der Waals surface area (Å²) in [7, 11) is 0. The Kier molecular flexibility index (Phi) is 7.54. The number of amides is 2. The summed E-state index contributed by atoms with van der Waals surface area (Å²) >= 11 is 5.75. The van der Waals surface area contributed by atoms with Crippen LogP contribution in [-0.4, -0.2) is 39.9 Å². The van der Waals surface area contributed by atoms with Gasteiger partial charge < -0.3 is 10.1 Å². The molecule has 0 aromatic carbocycles. The van der Waals surface area contributed by atoms with Crippen LogP contribution >= 0.6 is 11.6 Å². The van der Waals surface area contributed by atoms with Crippen molar-refractivity contribution in [2.75, 3.05) is 18.5 Å². The number of rotatable bonds is 7. The van der Waals surface area contributed by atoms with E-state index in [0.29, 0.717) is 18.0 Å². The highest BCUT2D eigenvalue weighted by Crippen LogP contribution is 2.32. The number of hydrogen-bond donors (Lipinski definition) is 2. The largest absolute Gasteiger partial charge is 0.475 e. The molecular formula is C18H19ClF3N5O3. The van der Waals surface area contributed by atoms with Crippen LogP contribution in [0.4, 0.5) is 19.1 Å². The zero-order valence-corrected chi connectivity index (χ0v) is 17.1. The van der Waals surface area contributed by atoms with Gasteiger partial charge in [0.25, 0.3) is 5.91 Å². The van der Waals surface area contributed by atoms with Crippen molar-refractivity contribution in [2.24, 2.45) is 5.92 Å². The van der Waals surface area contributed by atoms with E-state index >= 15 is 0 Å². The monoisotopic (exact) mass is 445 g/mol. The molecule has 0 spiro atoms. The number of aromatic nitrogens is 3. The maximum atomic E-state index is 12.6. The quantitative estimate of drug-likeness (QED) is 0.634. The Balaban J connectivity index is 1.92. The Labute approximate surface area is 175 Å². The normalized spacial score (nSPS) is 11.3. The number of ether oxygens (including phenoxy) is 1. The molecule has 2 heterocycles. The van der Waals surface area contributed by atoms with Crippen molar-refractivity contribution in [1.29, 1.82) is 0 Å². The van der Waals surface area contributed by atoms with E-state index in [2.05, 4.69) is 25.6 Å². The van der Waals surface area contributed by atoms with Crippen LogP contribution in [0.25, 0.3) is 0 Å². The van der Waals surface area contributed by atoms with Crippen LogP contribution in [0.15, 0.2) is 18.3 Å². The first-order chi connectivity index (χ1) is 14.0. The lowest BCUT2D eigenvalue weighted by atomic mass is 10.2. The standard InChI is InChI=1S/C18H19ClF3N5O3/c1-9(2)14(28)27-17-25-10(3)6-13(26-17)15(29)23-4-5-30-16-12(19)7-11(8-24-16)18(20,21)22/h6-9H,4-5H2,1-3H3,(H,23,29)(H,25,26,27,28). The molecule has 2 rings (SSSR count). The lowest BCUT2D eigenvalue weighted by molar-refractivity contribution is -0.137. The maximum Gasteiger partial charge on any atom is 0.417 e. The Bertz CT molecular complexity index is 938. The van der Waals surface area contributed by atoms with E-state index in [0.717, 1.165) is 0 Å². The minimum atomic E-state index is -4.56. The zero-order valence-electron chi connectivity index (χ0n) is 16.3. The van der Waals surface area contributed by atoms with E-state index in [1.807, 2.05) is 0 Å². The average molecular weight is 446 g/mol. The fourth-order valence-corrected chi connectivity index (χ4v) is 2.31. The molecule has 0 unspecified atom stereocenters. The molecule has 2 aromatic rings. The number of aryl methyl sites for hydroxylation is 1. The van der Waals surface area contributed by atoms with Crippen molar-refractivity contribution in [3.63, 3.8) is 0 Å². The van der Waals surface area contributed by atoms with Gasteiger partial charge in [-0.1, -0.05) is 25.4 Å². The van der Waals surface area contributed by atoms with Crippen molar-refractivity contribution in [3.8, 4) is 5.88 Å². The smallest absolute Gasteiger partial charge is 0.417 e. The third-order valence-electron chi connectivity index (χ3n) is 3.61. The molecule has 0 fully saturated rings. The summed E-state index contributed by atoms with van der Waals surface area (Å²) in [5, 5.41) is 4.76. The van der Waals surface area contributed by atoms with Gasteiger partial charge in [-0.25, -0.2) is 15.0 Å². The van der Waals surface area contributed by atoms with E-state index in [4.69, 9.17) is 16.3 Å². The van der Waals surface area contributed by atoms with Crippen LogP contribution in [0, 0.1) is 12.8 Å². The molecular weight excluding hydrogens is 427 g/mol. The first-order valence-electron chi connectivity index (χ1n) is 8.77. The van der Waals surface area contributed by atoms with Gasteiger partial charge in [0.05, 0.1) is 12.1 Å². The number of hydrogen-bond acceptors (Lipinski definition) is 6. The van der Waals surface area contributed by atoms with Crippen molar-refractivity contribution >= 4 is 29.4 Å². The molecule has 162 valence electrons. The molecule has 2 aromatic heterocycles. The van der Waals surface area contributed by atoms with E-state index in [1.165, 1.54) is 6.07 Å². The molecule has 0 radical (unpaired) electrons. The Hall–Kier alpha value is -2.95. The van der Waals surface area contributed by atoms with Gasteiger partial charge in [0.15, 0.2) is 0 Å². The summed E-state index contributed by atoms with van der Waals surface area (Å²) in [6.07, 6.45) is -3.96. The van der Waals surface area contributed by atoms with Crippen molar-refractivity contribution in [3.05, 3.63) is 40.3 Å². The van der Waals surface area contributed by atoms with Gasteiger partial charge in [0.2, 0.25) is 17.7 Å². The first-order valence-corrected chi connectivity index (χ1v) is 9.15. The van der Waals surface area contributed by atoms with Crippen LogP contribution in [-0.2, 0) is 11.0 Å². The number of nitrogens with one attached hydrogen (secondary N) is 2. The lowest BCUT2D eigenvalue weighted by Crippen LogP contribution is -2.29. The summed E-state index contributed by atoms with van der Waals surface area (Å²) in [6, 6.07) is 2.15. The lowest BCUT2D eigenvalue weighted by Gasteiger charge is -2.11. The number of nitrogens with zero attached hydrogens (tertiary/aromatic N) is 3.